The molecule has 5 heteroatoms. The van der Waals surface area contributed by atoms with Crippen molar-refractivity contribution in [3.8, 4) is 5.75 Å². The Morgan fingerprint density at radius 1 is 1.28 bits per heavy atom. The fraction of sp³-hybridized carbons (Fsp3) is 0.462. The van der Waals surface area contributed by atoms with Crippen LogP contribution < -0.4 is 20.7 Å². The highest BCUT2D eigenvalue weighted by Crippen LogP contribution is 2.15. The predicted octanol–water partition coefficient (Wildman–Crippen LogP) is 0.584. The van der Waals surface area contributed by atoms with E-state index in [2.05, 4.69) is 22.9 Å². The molecular weight excluding hydrogens is 230 g/mol. The van der Waals surface area contributed by atoms with Gasteiger partial charge in [-0.15, -0.1) is 0 Å². The number of rotatable bonds is 3. The number of ether oxygens (including phenoxy) is 1. The van der Waals surface area contributed by atoms with Crippen molar-refractivity contribution >= 4 is 11.6 Å². The lowest BCUT2D eigenvalue weighted by Crippen LogP contribution is -2.57. The van der Waals surface area contributed by atoms with Crippen molar-refractivity contribution in [3.63, 3.8) is 0 Å². The molecule has 0 spiro atoms. The Hall–Kier alpha value is -1.59. The summed E-state index contributed by atoms with van der Waals surface area (Å²) in [7, 11) is 1.62. The first-order chi connectivity index (χ1) is 8.69. The van der Waals surface area contributed by atoms with E-state index in [1.54, 1.807) is 7.11 Å². The number of methoxy groups -OCH3 is 1. The third-order valence-electron chi connectivity index (χ3n) is 3.01. The van der Waals surface area contributed by atoms with Crippen molar-refractivity contribution in [1.29, 1.82) is 0 Å². The highest BCUT2D eigenvalue weighted by Gasteiger charge is 2.23. The molecule has 1 saturated heterocycles. The Bertz CT molecular complexity index is 397. The van der Waals surface area contributed by atoms with Crippen molar-refractivity contribution in [2.45, 2.75) is 19.0 Å². The summed E-state index contributed by atoms with van der Waals surface area (Å²) in [6.07, 6.45) is 0. The fourth-order valence-electron chi connectivity index (χ4n) is 1.87. The van der Waals surface area contributed by atoms with E-state index in [0.717, 1.165) is 18.0 Å². The zero-order valence-electron chi connectivity index (χ0n) is 10.7. The average Bonchev–Trinajstić information content (AvgIpc) is 2.40. The van der Waals surface area contributed by atoms with Crippen LogP contribution >= 0.6 is 0 Å². The van der Waals surface area contributed by atoms with E-state index >= 15 is 0 Å². The monoisotopic (exact) mass is 249 g/mol. The molecule has 18 heavy (non-hydrogen) atoms. The second kappa shape index (κ2) is 5.84. The molecule has 0 aliphatic carbocycles. The van der Waals surface area contributed by atoms with Crippen molar-refractivity contribution in [1.82, 2.24) is 10.6 Å². The van der Waals surface area contributed by atoms with Crippen molar-refractivity contribution in [2.75, 3.05) is 25.5 Å². The summed E-state index contributed by atoms with van der Waals surface area (Å²) < 4.78 is 5.07. The molecule has 0 bridgehead atoms. The summed E-state index contributed by atoms with van der Waals surface area (Å²) in [5.74, 6) is 0.763. The van der Waals surface area contributed by atoms with Crippen LogP contribution in [0.4, 0.5) is 5.69 Å². The van der Waals surface area contributed by atoms with Gasteiger partial charge < -0.3 is 20.7 Å². The number of hydrogen-bond acceptors (Lipinski definition) is 4. The van der Waals surface area contributed by atoms with Crippen LogP contribution in [0.15, 0.2) is 24.3 Å². The lowest BCUT2D eigenvalue weighted by Gasteiger charge is -2.28. The molecule has 1 fully saturated rings. The maximum atomic E-state index is 12.0. The minimum Gasteiger partial charge on any atom is -0.497 e. The van der Waals surface area contributed by atoms with E-state index in [0.29, 0.717) is 12.6 Å². The second-order valence-electron chi connectivity index (χ2n) is 4.49. The zero-order valence-corrected chi connectivity index (χ0v) is 10.7. The molecule has 1 aromatic carbocycles. The highest BCUT2D eigenvalue weighted by atomic mass is 16.5. The molecule has 5 nitrogen and oxygen atoms in total. The summed E-state index contributed by atoms with van der Waals surface area (Å²) in [5, 5.41) is 9.37. The molecule has 2 rings (SSSR count). The third kappa shape index (κ3) is 3.21. The van der Waals surface area contributed by atoms with Gasteiger partial charge >= 0.3 is 0 Å². The third-order valence-corrected chi connectivity index (χ3v) is 3.01. The quantitative estimate of drug-likeness (QED) is 0.733. The van der Waals surface area contributed by atoms with Gasteiger partial charge in [-0.2, -0.15) is 0 Å². The van der Waals surface area contributed by atoms with Crippen LogP contribution in [0.3, 0.4) is 0 Å². The number of hydrogen-bond donors (Lipinski definition) is 3. The van der Waals surface area contributed by atoms with Crippen molar-refractivity contribution < 1.29 is 9.53 Å². The molecule has 2 atom stereocenters. The molecule has 1 aromatic rings. The van der Waals surface area contributed by atoms with Crippen LogP contribution in [-0.4, -0.2) is 38.2 Å². The number of carbonyl (C=O) groups is 1. The van der Waals surface area contributed by atoms with Gasteiger partial charge in [0.05, 0.1) is 13.2 Å². The average molecular weight is 249 g/mol. The van der Waals surface area contributed by atoms with Crippen LogP contribution in [0.2, 0.25) is 0 Å². The van der Waals surface area contributed by atoms with E-state index in [4.69, 9.17) is 4.74 Å². The van der Waals surface area contributed by atoms with E-state index in [-0.39, 0.29) is 11.9 Å². The Labute approximate surface area is 107 Å². The maximum absolute atomic E-state index is 12.0. The molecule has 3 N–H and O–H groups in total. The van der Waals surface area contributed by atoms with Crippen LogP contribution in [0.5, 0.6) is 5.75 Å². The second-order valence-corrected chi connectivity index (χ2v) is 4.49. The first-order valence-electron chi connectivity index (χ1n) is 6.10. The van der Waals surface area contributed by atoms with Crippen molar-refractivity contribution in [3.05, 3.63) is 24.3 Å². The van der Waals surface area contributed by atoms with E-state index < -0.39 is 0 Å². The fourth-order valence-corrected chi connectivity index (χ4v) is 1.87. The summed E-state index contributed by atoms with van der Waals surface area (Å²) in [6, 6.07) is 7.54. The smallest absolute Gasteiger partial charge is 0.242 e. The van der Waals surface area contributed by atoms with Gasteiger partial charge in [0.1, 0.15) is 5.75 Å². The van der Waals surface area contributed by atoms with Crippen LogP contribution in [0.1, 0.15) is 6.92 Å². The Balaban J connectivity index is 1.90. The number of anilines is 1. The molecule has 0 radical (unpaired) electrons. The SMILES string of the molecule is COc1ccc(NC(=O)C2CNC(C)CN2)cc1. The molecular formula is C13H19N3O2. The van der Waals surface area contributed by atoms with Gasteiger partial charge in [0.2, 0.25) is 5.91 Å². The number of amides is 1. The molecule has 1 aliphatic rings. The predicted molar refractivity (Wildman–Crippen MR) is 70.9 cm³/mol. The van der Waals surface area contributed by atoms with Gasteiger partial charge in [0, 0.05) is 24.8 Å². The number of nitrogens with one attached hydrogen (secondary N) is 3. The minimum atomic E-state index is -0.177. The van der Waals surface area contributed by atoms with Gasteiger partial charge in [0.25, 0.3) is 0 Å². The molecule has 1 amide bonds. The summed E-state index contributed by atoms with van der Waals surface area (Å²) >= 11 is 0. The lowest BCUT2D eigenvalue weighted by atomic mass is 10.1. The Morgan fingerprint density at radius 2 is 2.00 bits per heavy atom. The molecule has 0 saturated carbocycles. The van der Waals surface area contributed by atoms with E-state index in [1.165, 1.54) is 0 Å². The van der Waals surface area contributed by atoms with E-state index in [1.807, 2.05) is 24.3 Å². The van der Waals surface area contributed by atoms with E-state index in [9.17, 15) is 4.79 Å². The molecule has 1 aliphatic heterocycles. The van der Waals surface area contributed by atoms with Crippen LogP contribution in [0.25, 0.3) is 0 Å². The molecule has 98 valence electrons. The highest BCUT2D eigenvalue weighted by molar-refractivity contribution is 5.95. The summed E-state index contributed by atoms with van der Waals surface area (Å²) in [5.41, 5.74) is 0.779. The normalized spacial score (nSPS) is 23.4. The van der Waals surface area contributed by atoms with Gasteiger partial charge in [-0.1, -0.05) is 0 Å². The first kappa shape index (κ1) is 12.9. The summed E-state index contributed by atoms with van der Waals surface area (Å²) in [4.78, 5) is 12.0. The molecule has 0 aromatic heterocycles. The first-order valence-corrected chi connectivity index (χ1v) is 6.10. The van der Waals surface area contributed by atoms with Crippen LogP contribution in [-0.2, 0) is 4.79 Å². The number of piperazine rings is 1. The topological polar surface area (TPSA) is 62.4 Å². The van der Waals surface area contributed by atoms with Gasteiger partial charge in [-0.25, -0.2) is 0 Å². The van der Waals surface area contributed by atoms with Crippen molar-refractivity contribution in [2.24, 2.45) is 0 Å². The van der Waals surface area contributed by atoms with Crippen LogP contribution in [0, 0.1) is 0 Å². The number of carbonyl (C=O) groups excluding carboxylic acids is 1. The number of benzene rings is 1. The minimum absolute atomic E-state index is 0.0143. The maximum Gasteiger partial charge on any atom is 0.242 e. The lowest BCUT2D eigenvalue weighted by molar-refractivity contribution is -0.118. The molecule has 2 unspecified atom stereocenters. The Kier molecular flexibility index (Phi) is 4.17. The standard InChI is InChI=1S/C13H19N3O2/c1-9-7-15-12(8-14-9)13(17)16-10-3-5-11(18-2)6-4-10/h3-6,9,12,14-15H,7-8H2,1-2H3,(H,16,17). The van der Waals surface area contributed by atoms with Gasteiger partial charge in [-0.05, 0) is 31.2 Å². The van der Waals surface area contributed by atoms with Gasteiger partial charge in [-0.3, -0.25) is 4.79 Å². The summed E-state index contributed by atoms with van der Waals surface area (Å²) in [6.45, 7) is 3.55. The zero-order chi connectivity index (χ0) is 13.0. The molecule has 1 heterocycles. The van der Waals surface area contributed by atoms with Gasteiger partial charge in [0.15, 0.2) is 0 Å². The Morgan fingerprint density at radius 3 is 2.56 bits per heavy atom. The largest absolute Gasteiger partial charge is 0.497 e.